The molecule has 0 radical (unpaired) electrons. The largest absolute Gasteiger partial charge is 0.298 e. The molecule has 0 spiro atoms. The van der Waals surface area contributed by atoms with Crippen LogP contribution in [0.4, 0.5) is 5.13 Å². The molecule has 3 heterocycles. The van der Waals surface area contributed by atoms with Crippen molar-refractivity contribution in [3.05, 3.63) is 55.0 Å². The number of fused-ring (bicyclic) bond motifs is 1. The third kappa shape index (κ3) is 3.14. The zero-order valence-corrected chi connectivity index (χ0v) is 16.7. The number of nitrogens with zero attached hydrogens (tertiary/aromatic N) is 2. The van der Waals surface area contributed by atoms with Gasteiger partial charge in [-0.05, 0) is 24.3 Å². The first-order chi connectivity index (χ1) is 12.8. The molecule has 0 bridgehead atoms. The standard InChI is InChI=1S/C17H9Cl2N3O3S2/c1-22-15(24)8-3-2-7(4-9(8)16(22)25)14(23)21-17-20-11(6-26-17)10-5-12(18)27-13(10)19/h2-6H,1H3,(H,20,21,23). The summed E-state index contributed by atoms with van der Waals surface area (Å²) in [6, 6.07) is 6.12. The summed E-state index contributed by atoms with van der Waals surface area (Å²) in [5, 5.41) is 4.84. The molecule has 6 nitrogen and oxygen atoms in total. The number of hydrogen-bond donors (Lipinski definition) is 1. The van der Waals surface area contributed by atoms with E-state index in [1.807, 2.05) is 0 Å². The van der Waals surface area contributed by atoms with E-state index in [1.54, 1.807) is 11.4 Å². The van der Waals surface area contributed by atoms with Gasteiger partial charge in [-0.25, -0.2) is 4.98 Å². The van der Waals surface area contributed by atoms with Gasteiger partial charge >= 0.3 is 0 Å². The van der Waals surface area contributed by atoms with E-state index in [2.05, 4.69) is 10.3 Å². The maximum absolute atomic E-state index is 12.5. The van der Waals surface area contributed by atoms with Crippen LogP contribution in [0.2, 0.25) is 8.67 Å². The van der Waals surface area contributed by atoms with Crippen LogP contribution in [0.1, 0.15) is 31.1 Å². The molecule has 3 aromatic rings. The Morgan fingerprint density at radius 2 is 1.85 bits per heavy atom. The van der Waals surface area contributed by atoms with Crippen LogP contribution >= 0.6 is 45.9 Å². The summed E-state index contributed by atoms with van der Waals surface area (Å²) in [7, 11) is 1.41. The van der Waals surface area contributed by atoms with Gasteiger partial charge in [0.05, 0.1) is 21.2 Å². The molecule has 4 rings (SSSR count). The van der Waals surface area contributed by atoms with Gasteiger partial charge in [-0.3, -0.25) is 24.6 Å². The van der Waals surface area contributed by atoms with Gasteiger partial charge in [0.1, 0.15) is 4.34 Å². The third-order valence-electron chi connectivity index (χ3n) is 4.01. The molecule has 0 atom stereocenters. The number of carbonyl (C=O) groups is 3. The summed E-state index contributed by atoms with van der Waals surface area (Å²) in [6.07, 6.45) is 0. The number of imide groups is 1. The number of thiazole rings is 1. The molecule has 0 saturated heterocycles. The van der Waals surface area contributed by atoms with Crippen molar-refractivity contribution in [1.29, 1.82) is 0 Å². The first-order valence-corrected chi connectivity index (χ1v) is 9.99. The molecule has 3 amide bonds. The van der Waals surface area contributed by atoms with Crippen LogP contribution in [-0.4, -0.2) is 34.7 Å². The molecular formula is C17H9Cl2N3O3S2. The van der Waals surface area contributed by atoms with E-state index in [4.69, 9.17) is 23.2 Å². The predicted molar refractivity (Wildman–Crippen MR) is 106 cm³/mol. The van der Waals surface area contributed by atoms with Gasteiger partial charge in [-0.2, -0.15) is 0 Å². The second kappa shape index (κ2) is 6.72. The Hall–Kier alpha value is -2.26. The lowest BCUT2D eigenvalue weighted by Crippen LogP contribution is -2.24. The van der Waals surface area contributed by atoms with Crippen LogP contribution < -0.4 is 5.32 Å². The van der Waals surface area contributed by atoms with Gasteiger partial charge < -0.3 is 0 Å². The van der Waals surface area contributed by atoms with Crippen molar-refractivity contribution in [1.82, 2.24) is 9.88 Å². The normalized spacial score (nSPS) is 13.2. The predicted octanol–water partition coefficient (Wildman–Crippen LogP) is 4.66. The van der Waals surface area contributed by atoms with E-state index in [0.29, 0.717) is 30.6 Å². The van der Waals surface area contributed by atoms with Crippen LogP contribution in [0.3, 0.4) is 0 Å². The molecule has 10 heteroatoms. The second-order valence-corrected chi connectivity index (χ2v) is 8.80. The van der Waals surface area contributed by atoms with Crippen molar-refractivity contribution in [3.8, 4) is 11.3 Å². The monoisotopic (exact) mass is 437 g/mol. The topological polar surface area (TPSA) is 79.4 Å². The minimum absolute atomic E-state index is 0.217. The second-order valence-electron chi connectivity index (χ2n) is 5.66. The average Bonchev–Trinajstić information content (AvgIpc) is 3.29. The summed E-state index contributed by atoms with van der Waals surface area (Å²) in [6.45, 7) is 0. The number of amides is 3. The Balaban J connectivity index is 1.57. The van der Waals surface area contributed by atoms with Crippen LogP contribution in [-0.2, 0) is 0 Å². The minimum Gasteiger partial charge on any atom is -0.298 e. The van der Waals surface area contributed by atoms with Gasteiger partial charge in [-0.1, -0.05) is 23.2 Å². The molecule has 0 saturated carbocycles. The fraction of sp³-hybridized carbons (Fsp3) is 0.0588. The van der Waals surface area contributed by atoms with Gasteiger partial charge in [0.2, 0.25) is 0 Å². The highest BCUT2D eigenvalue weighted by molar-refractivity contribution is 7.20. The number of thiophene rings is 1. The number of hydrogen-bond acceptors (Lipinski definition) is 6. The van der Waals surface area contributed by atoms with Crippen LogP contribution in [0.25, 0.3) is 11.3 Å². The van der Waals surface area contributed by atoms with Crippen LogP contribution in [0.5, 0.6) is 0 Å². The zero-order valence-electron chi connectivity index (χ0n) is 13.6. The fourth-order valence-corrected chi connectivity index (χ4v) is 4.83. The smallest absolute Gasteiger partial charge is 0.261 e. The van der Waals surface area contributed by atoms with Crippen LogP contribution in [0, 0.1) is 0 Å². The number of rotatable bonds is 3. The van der Waals surface area contributed by atoms with Gasteiger partial charge in [0.15, 0.2) is 5.13 Å². The lowest BCUT2D eigenvalue weighted by Gasteiger charge is -2.03. The Morgan fingerprint density at radius 3 is 2.56 bits per heavy atom. The van der Waals surface area contributed by atoms with Gasteiger partial charge in [-0.15, -0.1) is 22.7 Å². The first-order valence-electron chi connectivity index (χ1n) is 7.53. The summed E-state index contributed by atoms with van der Waals surface area (Å²) in [4.78, 5) is 41.9. The molecule has 0 unspecified atom stereocenters. The van der Waals surface area contributed by atoms with E-state index < -0.39 is 11.8 Å². The highest BCUT2D eigenvalue weighted by Gasteiger charge is 2.33. The summed E-state index contributed by atoms with van der Waals surface area (Å²) in [5.41, 5.74) is 2.08. The maximum atomic E-state index is 12.5. The molecule has 1 aliphatic heterocycles. The highest BCUT2D eigenvalue weighted by atomic mass is 35.5. The molecule has 1 aromatic carbocycles. The number of anilines is 1. The number of halogens is 2. The summed E-state index contributed by atoms with van der Waals surface area (Å²) < 4.78 is 1.07. The van der Waals surface area contributed by atoms with Crippen molar-refractivity contribution in [2.45, 2.75) is 0 Å². The van der Waals surface area contributed by atoms with Crippen molar-refractivity contribution in [3.63, 3.8) is 0 Å². The van der Waals surface area contributed by atoms with E-state index in [9.17, 15) is 14.4 Å². The molecule has 0 aliphatic carbocycles. The van der Waals surface area contributed by atoms with Crippen molar-refractivity contribution >= 4 is 68.7 Å². The Bertz CT molecular complexity index is 1120. The van der Waals surface area contributed by atoms with Crippen molar-refractivity contribution in [2.24, 2.45) is 0 Å². The number of carbonyl (C=O) groups excluding carboxylic acids is 3. The third-order valence-corrected chi connectivity index (χ3v) is 6.25. The van der Waals surface area contributed by atoms with Crippen molar-refractivity contribution in [2.75, 3.05) is 12.4 Å². The Morgan fingerprint density at radius 1 is 1.11 bits per heavy atom. The quantitative estimate of drug-likeness (QED) is 0.604. The van der Waals surface area contributed by atoms with E-state index in [1.165, 1.54) is 47.9 Å². The maximum Gasteiger partial charge on any atom is 0.261 e. The Labute approximate surface area is 171 Å². The number of nitrogens with one attached hydrogen (secondary N) is 1. The molecule has 136 valence electrons. The average molecular weight is 438 g/mol. The molecule has 0 fully saturated rings. The van der Waals surface area contributed by atoms with Crippen molar-refractivity contribution < 1.29 is 14.4 Å². The van der Waals surface area contributed by atoms with E-state index in [-0.39, 0.29) is 17.0 Å². The Kier molecular flexibility index (Phi) is 4.51. The highest BCUT2D eigenvalue weighted by Crippen LogP contribution is 2.39. The number of benzene rings is 1. The lowest BCUT2D eigenvalue weighted by atomic mass is 10.1. The molecule has 1 N–H and O–H groups in total. The lowest BCUT2D eigenvalue weighted by molar-refractivity contribution is 0.0693. The molecule has 27 heavy (non-hydrogen) atoms. The molecular weight excluding hydrogens is 429 g/mol. The summed E-state index contributed by atoms with van der Waals surface area (Å²) >= 11 is 14.6. The van der Waals surface area contributed by atoms with E-state index >= 15 is 0 Å². The fourth-order valence-electron chi connectivity index (χ4n) is 2.64. The van der Waals surface area contributed by atoms with Gasteiger partial charge in [0, 0.05) is 23.6 Å². The summed E-state index contributed by atoms with van der Waals surface area (Å²) in [5.74, 6) is -1.23. The molecule has 2 aromatic heterocycles. The van der Waals surface area contributed by atoms with Crippen LogP contribution in [0.15, 0.2) is 29.6 Å². The zero-order chi connectivity index (χ0) is 19.3. The number of aromatic nitrogens is 1. The SMILES string of the molecule is CN1C(=O)c2ccc(C(=O)Nc3nc(-c4cc(Cl)sc4Cl)cs3)cc2C1=O. The van der Waals surface area contributed by atoms with E-state index in [0.717, 1.165) is 4.90 Å². The van der Waals surface area contributed by atoms with Gasteiger partial charge in [0.25, 0.3) is 17.7 Å². The minimum atomic E-state index is -0.428. The first kappa shape index (κ1) is 18.1. The molecule has 1 aliphatic rings.